The van der Waals surface area contributed by atoms with Crippen molar-refractivity contribution in [1.82, 2.24) is 15.5 Å². The fraction of sp³-hybridized carbons (Fsp3) is 0.600. The van der Waals surface area contributed by atoms with Crippen LogP contribution in [0.25, 0.3) is 0 Å². The Hall–Kier alpha value is -1.88. The Kier molecular flexibility index (Phi) is 8.46. The van der Waals surface area contributed by atoms with Crippen LogP contribution >= 0.6 is 0 Å². The van der Waals surface area contributed by atoms with E-state index in [1.807, 2.05) is 25.1 Å². The van der Waals surface area contributed by atoms with E-state index >= 15 is 0 Å². The molecule has 1 unspecified atom stereocenters. The highest BCUT2D eigenvalue weighted by atomic mass is 16.2. The lowest BCUT2D eigenvalue weighted by Gasteiger charge is -2.19. The lowest BCUT2D eigenvalue weighted by molar-refractivity contribution is -0.121. The number of amides is 2. The first-order valence-electron chi connectivity index (χ1n) is 9.50. The lowest BCUT2D eigenvalue weighted by Crippen LogP contribution is -2.38. The van der Waals surface area contributed by atoms with Crippen molar-refractivity contribution in [2.24, 2.45) is 0 Å². The highest BCUT2D eigenvalue weighted by Crippen LogP contribution is 2.09. The number of nitrogens with one attached hydrogen (secondary N) is 2. The molecule has 1 aromatic carbocycles. The molecular formula is C20H31N3O2. The monoisotopic (exact) mass is 345 g/mol. The van der Waals surface area contributed by atoms with Gasteiger partial charge in [0.2, 0.25) is 5.91 Å². The fourth-order valence-electron chi connectivity index (χ4n) is 3.19. The maximum Gasteiger partial charge on any atom is 0.251 e. The predicted molar refractivity (Wildman–Crippen MR) is 101 cm³/mol. The van der Waals surface area contributed by atoms with E-state index in [1.165, 1.54) is 38.8 Å². The Labute approximate surface area is 151 Å². The molecule has 0 aromatic heterocycles. The molecule has 0 bridgehead atoms. The largest absolute Gasteiger partial charge is 0.356 e. The van der Waals surface area contributed by atoms with Gasteiger partial charge in [-0.1, -0.05) is 31.0 Å². The summed E-state index contributed by atoms with van der Waals surface area (Å²) in [5, 5.41) is 5.83. The van der Waals surface area contributed by atoms with Crippen LogP contribution in [0.4, 0.5) is 0 Å². The molecule has 1 aromatic rings. The minimum Gasteiger partial charge on any atom is -0.356 e. The molecule has 1 saturated heterocycles. The first-order chi connectivity index (χ1) is 12.1. The zero-order chi connectivity index (χ0) is 17.9. The van der Waals surface area contributed by atoms with Crippen molar-refractivity contribution in [2.75, 3.05) is 26.2 Å². The van der Waals surface area contributed by atoms with E-state index in [2.05, 4.69) is 15.5 Å². The van der Waals surface area contributed by atoms with Crippen molar-refractivity contribution < 1.29 is 9.59 Å². The number of likely N-dealkylation sites (tertiary alicyclic amines) is 1. The van der Waals surface area contributed by atoms with Gasteiger partial charge in [0, 0.05) is 24.6 Å². The van der Waals surface area contributed by atoms with Gasteiger partial charge >= 0.3 is 0 Å². The first-order valence-corrected chi connectivity index (χ1v) is 9.50. The third-order valence-corrected chi connectivity index (χ3v) is 4.58. The molecule has 0 saturated carbocycles. The van der Waals surface area contributed by atoms with Crippen molar-refractivity contribution >= 4 is 11.8 Å². The number of carbonyl (C=O) groups excluding carboxylic acids is 2. The van der Waals surface area contributed by atoms with Gasteiger partial charge in [-0.3, -0.25) is 9.59 Å². The smallest absolute Gasteiger partial charge is 0.251 e. The lowest BCUT2D eigenvalue weighted by atomic mass is 10.1. The molecule has 2 N–H and O–H groups in total. The Morgan fingerprint density at radius 1 is 1.08 bits per heavy atom. The molecule has 0 radical (unpaired) electrons. The first kappa shape index (κ1) is 19.4. The standard InChI is InChI=1S/C20H31N3O2/c1-17(22-20(25)18-10-5-4-6-11-18)16-19(24)21-12-9-15-23-13-7-2-3-8-14-23/h4-6,10-11,17H,2-3,7-9,12-16H2,1H3,(H,21,24)(H,22,25). The van der Waals surface area contributed by atoms with Crippen LogP contribution in [-0.2, 0) is 4.79 Å². The fourth-order valence-corrected chi connectivity index (χ4v) is 3.19. The second kappa shape index (κ2) is 10.9. The number of rotatable bonds is 8. The van der Waals surface area contributed by atoms with Gasteiger partial charge in [-0.25, -0.2) is 0 Å². The molecular weight excluding hydrogens is 314 g/mol. The number of hydrogen-bond donors (Lipinski definition) is 2. The molecule has 1 heterocycles. The van der Waals surface area contributed by atoms with Crippen molar-refractivity contribution in [1.29, 1.82) is 0 Å². The molecule has 1 aliphatic rings. The van der Waals surface area contributed by atoms with Crippen LogP contribution in [-0.4, -0.2) is 48.9 Å². The third kappa shape index (κ3) is 7.69. The molecule has 1 fully saturated rings. The third-order valence-electron chi connectivity index (χ3n) is 4.58. The SMILES string of the molecule is CC(CC(=O)NCCCN1CCCCCC1)NC(=O)c1ccccc1. The van der Waals surface area contributed by atoms with E-state index in [0.717, 1.165) is 13.0 Å². The molecule has 2 amide bonds. The van der Waals surface area contributed by atoms with Crippen LogP contribution in [0.3, 0.4) is 0 Å². The molecule has 5 nitrogen and oxygen atoms in total. The van der Waals surface area contributed by atoms with Gasteiger partial charge in [0.15, 0.2) is 0 Å². The average molecular weight is 345 g/mol. The van der Waals surface area contributed by atoms with Gasteiger partial charge in [-0.05, 0) is 58.0 Å². The van der Waals surface area contributed by atoms with Gasteiger partial charge in [-0.15, -0.1) is 0 Å². The van der Waals surface area contributed by atoms with E-state index < -0.39 is 0 Å². The van der Waals surface area contributed by atoms with Gasteiger partial charge in [-0.2, -0.15) is 0 Å². The second-order valence-electron chi connectivity index (χ2n) is 6.90. The summed E-state index contributed by atoms with van der Waals surface area (Å²) in [6, 6.07) is 8.89. The van der Waals surface area contributed by atoms with Gasteiger partial charge < -0.3 is 15.5 Å². The normalized spacial score (nSPS) is 16.7. The molecule has 0 spiro atoms. The molecule has 1 aliphatic heterocycles. The van der Waals surface area contributed by atoms with Crippen molar-refractivity contribution in [2.45, 2.75) is 51.5 Å². The average Bonchev–Trinajstić information content (AvgIpc) is 2.88. The summed E-state index contributed by atoms with van der Waals surface area (Å²) in [6.45, 7) is 6.00. The maximum atomic E-state index is 12.1. The Morgan fingerprint density at radius 2 is 1.76 bits per heavy atom. The van der Waals surface area contributed by atoms with Crippen LogP contribution < -0.4 is 10.6 Å². The predicted octanol–water partition coefficient (Wildman–Crippen LogP) is 2.58. The quantitative estimate of drug-likeness (QED) is 0.712. The van der Waals surface area contributed by atoms with Crippen molar-refractivity contribution in [3.8, 4) is 0 Å². The topological polar surface area (TPSA) is 61.4 Å². The molecule has 25 heavy (non-hydrogen) atoms. The van der Waals surface area contributed by atoms with E-state index in [4.69, 9.17) is 0 Å². The summed E-state index contributed by atoms with van der Waals surface area (Å²) in [4.78, 5) is 26.6. The zero-order valence-corrected chi connectivity index (χ0v) is 15.3. The van der Waals surface area contributed by atoms with Gasteiger partial charge in [0.05, 0.1) is 0 Å². The van der Waals surface area contributed by atoms with Crippen LogP contribution in [0.15, 0.2) is 30.3 Å². The Bertz CT molecular complexity index is 525. The van der Waals surface area contributed by atoms with E-state index in [-0.39, 0.29) is 17.9 Å². The van der Waals surface area contributed by atoms with Gasteiger partial charge in [0.25, 0.3) is 5.91 Å². The minimum absolute atomic E-state index is 0.00303. The molecule has 138 valence electrons. The van der Waals surface area contributed by atoms with Crippen LogP contribution in [0.2, 0.25) is 0 Å². The number of benzene rings is 1. The summed E-state index contributed by atoms with van der Waals surface area (Å²) < 4.78 is 0. The van der Waals surface area contributed by atoms with Crippen molar-refractivity contribution in [3.05, 3.63) is 35.9 Å². The molecule has 2 rings (SSSR count). The summed E-state index contributed by atoms with van der Waals surface area (Å²) in [5.74, 6) is -0.140. The highest BCUT2D eigenvalue weighted by molar-refractivity contribution is 5.94. The van der Waals surface area contributed by atoms with Gasteiger partial charge in [0.1, 0.15) is 0 Å². The Balaban J connectivity index is 1.58. The number of nitrogens with zero attached hydrogens (tertiary/aromatic N) is 1. The summed E-state index contributed by atoms with van der Waals surface area (Å²) in [6.07, 6.45) is 6.58. The van der Waals surface area contributed by atoms with Crippen molar-refractivity contribution in [3.63, 3.8) is 0 Å². The van der Waals surface area contributed by atoms with Crippen LogP contribution in [0, 0.1) is 0 Å². The molecule has 0 aliphatic carbocycles. The van der Waals surface area contributed by atoms with Crippen LogP contribution in [0.1, 0.15) is 55.8 Å². The second-order valence-corrected chi connectivity index (χ2v) is 6.90. The minimum atomic E-state index is -0.182. The highest BCUT2D eigenvalue weighted by Gasteiger charge is 2.13. The van der Waals surface area contributed by atoms with E-state index in [9.17, 15) is 9.59 Å². The summed E-state index contributed by atoms with van der Waals surface area (Å²) in [7, 11) is 0. The number of hydrogen-bond acceptors (Lipinski definition) is 3. The zero-order valence-electron chi connectivity index (χ0n) is 15.3. The molecule has 5 heteroatoms. The Morgan fingerprint density at radius 3 is 2.44 bits per heavy atom. The molecule has 1 atom stereocenters. The van der Waals surface area contributed by atoms with Crippen LogP contribution in [0.5, 0.6) is 0 Å². The maximum absolute atomic E-state index is 12.1. The van der Waals surface area contributed by atoms with E-state index in [0.29, 0.717) is 18.5 Å². The summed E-state index contributed by atoms with van der Waals surface area (Å²) >= 11 is 0. The number of carbonyl (C=O) groups is 2. The summed E-state index contributed by atoms with van der Waals surface area (Å²) in [5.41, 5.74) is 0.618. The van der Waals surface area contributed by atoms with E-state index in [1.54, 1.807) is 12.1 Å².